The fourth-order valence-electron chi connectivity index (χ4n) is 3.41. The zero-order valence-electron chi connectivity index (χ0n) is 10.4. The van der Waals surface area contributed by atoms with E-state index in [9.17, 15) is 4.21 Å². The molecule has 2 nitrogen and oxygen atoms in total. The van der Waals surface area contributed by atoms with Crippen molar-refractivity contribution in [1.29, 1.82) is 0 Å². The van der Waals surface area contributed by atoms with Crippen LogP contribution in [0.25, 0.3) is 0 Å². The molecule has 0 bridgehead atoms. The lowest BCUT2D eigenvalue weighted by atomic mass is 9.90. The molecule has 0 aromatic carbocycles. The van der Waals surface area contributed by atoms with Crippen LogP contribution >= 0.6 is 0 Å². The predicted molar refractivity (Wildman–Crippen MR) is 69.7 cm³/mol. The molecule has 3 heteroatoms. The molecule has 2 aliphatic carbocycles. The normalized spacial score (nSPS) is 42.1. The Morgan fingerprint density at radius 1 is 1.19 bits per heavy atom. The van der Waals surface area contributed by atoms with Crippen LogP contribution in [0.5, 0.6) is 0 Å². The van der Waals surface area contributed by atoms with E-state index in [1.165, 1.54) is 38.5 Å². The number of nitrogens with two attached hydrogens (primary N) is 1. The smallest absolute Gasteiger partial charge is 0.0391 e. The van der Waals surface area contributed by atoms with Gasteiger partial charge in [-0.15, -0.1) is 0 Å². The first-order valence-electron chi connectivity index (χ1n) is 6.81. The Morgan fingerprint density at radius 2 is 1.94 bits per heavy atom. The summed E-state index contributed by atoms with van der Waals surface area (Å²) in [4.78, 5) is 0. The Hall–Kier alpha value is 0.110. The molecule has 0 saturated heterocycles. The van der Waals surface area contributed by atoms with Gasteiger partial charge in [0.05, 0.1) is 0 Å². The summed E-state index contributed by atoms with van der Waals surface area (Å²) in [7, 11) is -0.612. The van der Waals surface area contributed by atoms with E-state index in [4.69, 9.17) is 5.73 Å². The molecule has 5 atom stereocenters. The van der Waals surface area contributed by atoms with E-state index in [0.717, 1.165) is 18.9 Å². The van der Waals surface area contributed by atoms with Gasteiger partial charge in [0, 0.05) is 21.3 Å². The molecule has 2 aliphatic rings. The van der Waals surface area contributed by atoms with E-state index in [1.54, 1.807) is 0 Å². The molecule has 2 N–H and O–H groups in total. The lowest BCUT2D eigenvalue weighted by molar-refractivity contribution is 0.386. The topological polar surface area (TPSA) is 43.1 Å². The minimum Gasteiger partial charge on any atom is -0.330 e. The summed E-state index contributed by atoms with van der Waals surface area (Å²) in [6, 6.07) is 0. The highest BCUT2D eigenvalue weighted by Crippen LogP contribution is 2.35. The minimum absolute atomic E-state index is 0.417. The Kier molecular flexibility index (Phi) is 4.42. The number of hydrogen-bond acceptors (Lipinski definition) is 2. The molecule has 0 spiro atoms. The monoisotopic (exact) mass is 243 g/mol. The van der Waals surface area contributed by atoms with Gasteiger partial charge in [-0.25, -0.2) is 0 Å². The van der Waals surface area contributed by atoms with Crippen molar-refractivity contribution in [2.24, 2.45) is 17.6 Å². The molecule has 0 radical (unpaired) electrons. The predicted octanol–water partition coefficient (Wildman–Crippen LogP) is 2.44. The van der Waals surface area contributed by atoms with Gasteiger partial charge in [-0.3, -0.25) is 4.21 Å². The highest BCUT2D eigenvalue weighted by atomic mass is 32.2. The molecule has 2 saturated carbocycles. The Balaban J connectivity index is 1.95. The van der Waals surface area contributed by atoms with Crippen molar-refractivity contribution < 1.29 is 4.21 Å². The maximum atomic E-state index is 12.6. The molecule has 0 heterocycles. The highest BCUT2D eigenvalue weighted by molar-refractivity contribution is 7.86. The molecule has 2 fully saturated rings. The molecule has 94 valence electrons. The first-order valence-corrected chi connectivity index (χ1v) is 8.09. The van der Waals surface area contributed by atoms with Gasteiger partial charge in [-0.1, -0.05) is 26.2 Å². The standard InChI is InChI=1S/C13H25NOS/c1-10-4-2-6-12(8-10)16(15)13-7-3-5-11(13)9-14/h10-13H,2-9,14H2,1H3. The summed E-state index contributed by atoms with van der Waals surface area (Å²) in [6.45, 7) is 3.04. The zero-order valence-corrected chi connectivity index (χ0v) is 11.2. The van der Waals surface area contributed by atoms with Crippen LogP contribution in [-0.2, 0) is 10.8 Å². The molecule has 0 aliphatic heterocycles. The first kappa shape index (κ1) is 12.6. The quantitative estimate of drug-likeness (QED) is 0.827. The van der Waals surface area contributed by atoms with E-state index in [1.807, 2.05) is 0 Å². The summed E-state index contributed by atoms with van der Waals surface area (Å²) in [6.07, 6.45) is 8.57. The zero-order chi connectivity index (χ0) is 11.5. The van der Waals surface area contributed by atoms with Crippen molar-refractivity contribution in [3.05, 3.63) is 0 Å². The molecule has 0 aromatic heterocycles. The van der Waals surface area contributed by atoms with Gasteiger partial charge >= 0.3 is 0 Å². The van der Waals surface area contributed by atoms with Crippen LogP contribution in [0.4, 0.5) is 0 Å². The lowest BCUT2D eigenvalue weighted by Gasteiger charge is -2.30. The van der Waals surface area contributed by atoms with E-state index in [2.05, 4.69) is 6.92 Å². The van der Waals surface area contributed by atoms with Gasteiger partial charge in [-0.05, 0) is 44.1 Å². The van der Waals surface area contributed by atoms with Crippen LogP contribution in [0, 0.1) is 11.8 Å². The SMILES string of the molecule is CC1CCCC(S(=O)C2CCCC2CN)C1. The first-order chi connectivity index (χ1) is 7.72. The second-order valence-electron chi connectivity index (χ2n) is 5.69. The van der Waals surface area contributed by atoms with E-state index in [-0.39, 0.29) is 0 Å². The van der Waals surface area contributed by atoms with E-state index in [0.29, 0.717) is 16.4 Å². The van der Waals surface area contributed by atoms with Crippen molar-refractivity contribution in [1.82, 2.24) is 0 Å². The largest absolute Gasteiger partial charge is 0.330 e. The summed E-state index contributed by atoms with van der Waals surface area (Å²) in [5, 5.41) is 0.890. The fraction of sp³-hybridized carbons (Fsp3) is 1.00. The van der Waals surface area contributed by atoms with Crippen LogP contribution in [0.15, 0.2) is 0 Å². The molecular weight excluding hydrogens is 218 g/mol. The molecule has 0 aromatic rings. The van der Waals surface area contributed by atoms with Gasteiger partial charge < -0.3 is 5.73 Å². The maximum absolute atomic E-state index is 12.6. The molecule has 16 heavy (non-hydrogen) atoms. The lowest BCUT2D eigenvalue weighted by Crippen LogP contribution is -2.34. The van der Waals surface area contributed by atoms with Crippen molar-refractivity contribution in [3.63, 3.8) is 0 Å². The third-order valence-corrected chi connectivity index (χ3v) is 6.71. The van der Waals surface area contributed by atoms with Gasteiger partial charge in [0.25, 0.3) is 0 Å². The van der Waals surface area contributed by atoms with Crippen LogP contribution < -0.4 is 5.73 Å². The average molecular weight is 243 g/mol. The molecule has 5 unspecified atom stereocenters. The van der Waals surface area contributed by atoms with Crippen molar-refractivity contribution in [3.8, 4) is 0 Å². The van der Waals surface area contributed by atoms with E-state index < -0.39 is 10.8 Å². The second-order valence-corrected chi connectivity index (χ2v) is 7.62. The molecular formula is C13H25NOS. The Labute approximate surface area is 102 Å². The van der Waals surface area contributed by atoms with Gasteiger partial charge in [0.2, 0.25) is 0 Å². The summed E-state index contributed by atoms with van der Waals surface area (Å²) in [5.74, 6) is 1.32. The summed E-state index contributed by atoms with van der Waals surface area (Å²) < 4.78 is 12.6. The van der Waals surface area contributed by atoms with Crippen molar-refractivity contribution in [2.75, 3.05) is 6.54 Å². The van der Waals surface area contributed by atoms with Gasteiger partial charge in [0.15, 0.2) is 0 Å². The van der Waals surface area contributed by atoms with Crippen molar-refractivity contribution >= 4 is 10.8 Å². The number of rotatable bonds is 3. The third-order valence-electron chi connectivity index (χ3n) is 4.41. The van der Waals surface area contributed by atoms with Crippen molar-refractivity contribution in [2.45, 2.75) is 62.4 Å². The van der Waals surface area contributed by atoms with Crippen LogP contribution in [0.2, 0.25) is 0 Å². The Bertz CT molecular complexity index is 256. The van der Waals surface area contributed by atoms with Crippen LogP contribution in [0.3, 0.4) is 0 Å². The Morgan fingerprint density at radius 3 is 2.62 bits per heavy atom. The van der Waals surface area contributed by atoms with E-state index >= 15 is 0 Å². The third kappa shape index (κ3) is 2.67. The molecule has 0 amide bonds. The highest BCUT2D eigenvalue weighted by Gasteiger charge is 2.35. The maximum Gasteiger partial charge on any atom is 0.0391 e. The number of hydrogen-bond donors (Lipinski definition) is 1. The second kappa shape index (κ2) is 5.63. The van der Waals surface area contributed by atoms with Gasteiger partial charge in [-0.2, -0.15) is 0 Å². The van der Waals surface area contributed by atoms with Crippen LogP contribution in [-0.4, -0.2) is 21.3 Å². The molecule has 2 rings (SSSR count). The average Bonchev–Trinajstić information content (AvgIpc) is 2.76. The fourth-order valence-corrected chi connectivity index (χ4v) is 5.85. The summed E-state index contributed by atoms with van der Waals surface area (Å²) in [5.41, 5.74) is 5.78. The van der Waals surface area contributed by atoms with Gasteiger partial charge in [0.1, 0.15) is 0 Å². The van der Waals surface area contributed by atoms with Crippen LogP contribution in [0.1, 0.15) is 51.9 Å². The summed E-state index contributed by atoms with van der Waals surface area (Å²) >= 11 is 0. The minimum atomic E-state index is -0.612.